The molecule has 1 N–H and O–H groups in total. The van der Waals surface area contributed by atoms with Gasteiger partial charge in [0.05, 0.1) is 0 Å². The van der Waals surface area contributed by atoms with Gasteiger partial charge in [-0.05, 0) is 46.7 Å². The normalized spacial score (nSPS) is 27.8. The number of carbonyl (C=O) groups excluding carboxylic acids is 1. The number of nitrogens with one attached hydrogen (secondary N) is 1. The number of piperazine rings is 1. The third kappa shape index (κ3) is 3.04. The Labute approximate surface area is 111 Å². The molecule has 1 amide bonds. The summed E-state index contributed by atoms with van der Waals surface area (Å²) in [7, 11) is 0. The van der Waals surface area contributed by atoms with Crippen LogP contribution in [0.4, 0.5) is 0 Å². The topological polar surface area (TPSA) is 35.6 Å². The molecule has 0 radical (unpaired) electrons. The average Bonchev–Trinajstić information content (AvgIpc) is 2.38. The molecule has 104 valence electrons. The van der Waals surface area contributed by atoms with E-state index in [0.29, 0.717) is 18.0 Å². The molecule has 0 spiro atoms. The summed E-state index contributed by atoms with van der Waals surface area (Å²) in [6.45, 7) is 11.5. The van der Waals surface area contributed by atoms with Gasteiger partial charge in [-0.3, -0.25) is 4.79 Å². The maximum Gasteiger partial charge on any atom is 0.226 e. The lowest BCUT2D eigenvalue weighted by molar-refractivity contribution is -0.140. The first-order valence-electron chi connectivity index (χ1n) is 7.35. The molecule has 0 saturated carbocycles. The van der Waals surface area contributed by atoms with Crippen molar-refractivity contribution in [2.24, 2.45) is 5.92 Å². The quantitative estimate of drug-likeness (QED) is 0.795. The van der Waals surface area contributed by atoms with E-state index in [1.165, 1.54) is 0 Å². The Hall–Kier alpha value is -0.610. The summed E-state index contributed by atoms with van der Waals surface area (Å²) in [6, 6.07) is 0.966. The summed E-state index contributed by atoms with van der Waals surface area (Å²) in [5, 5.41) is 3.34. The van der Waals surface area contributed by atoms with E-state index in [-0.39, 0.29) is 5.92 Å². The minimum Gasteiger partial charge on any atom is -0.337 e. The van der Waals surface area contributed by atoms with Gasteiger partial charge < -0.3 is 15.1 Å². The molecule has 2 rings (SSSR count). The van der Waals surface area contributed by atoms with Crippen molar-refractivity contribution in [3.8, 4) is 0 Å². The van der Waals surface area contributed by atoms with Crippen LogP contribution < -0.4 is 5.32 Å². The van der Waals surface area contributed by atoms with Crippen LogP contribution in [0.15, 0.2) is 0 Å². The first-order valence-corrected chi connectivity index (χ1v) is 7.35. The van der Waals surface area contributed by atoms with E-state index in [1.54, 1.807) is 0 Å². The van der Waals surface area contributed by atoms with Crippen LogP contribution in [0.5, 0.6) is 0 Å². The number of amides is 1. The fraction of sp³-hybridized carbons (Fsp3) is 0.929. The van der Waals surface area contributed by atoms with Crippen molar-refractivity contribution >= 4 is 5.91 Å². The summed E-state index contributed by atoms with van der Waals surface area (Å²) in [6.07, 6.45) is 2.07. The van der Waals surface area contributed by atoms with Crippen LogP contribution >= 0.6 is 0 Å². The van der Waals surface area contributed by atoms with E-state index in [0.717, 1.165) is 45.6 Å². The second kappa shape index (κ2) is 6.02. The van der Waals surface area contributed by atoms with Gasteiger partial charge >= 0.3 is 0 Å². The molecule has 0 bridgehead atoms. The fourth-order valence-electron chi connectivity index (χ4n) is 3.07. The minimum absolute atomic E-state index is 0.264. The number of hydrogen-bond acceptors (Lipinski definition) is 3. The van der Waals surface area contributed by atoms with Gasteiger partial charge in [0, 0.05) is 37.6 Å². The summed E-state index contributed by atoms with van der Waals surface area (Å²) < 4.78 is 0. The van der Waals surface area contributed by atoms with Crippen molar-refractivity contribution in [1.29, 1.82) is 0 Å². The zero-order valence-corrected chi connectivity index (χ0v) is 12.0. The molecule has 0 unspecified atom stereocenters. The van der Waals surface area contributed by atoms with E-state index in [1.807, 2.05) is 0 Å². The van der Waals surface area contributed by atoms with Gasteiger partial charge in [-0.1, -0.05) is 0 Å². The Bertz CT molecular complexity index is 285. The van der Waals surface area contributed by atoms with Crippen molar-refractivity contribution < 1.29 is 4.79 Å². The molecule has 2 saturated heterocycles. The van der Waals surface area contributed by atoms with Crippen LogP contribution in [0.25, 0.3) is 0 Å². The van der Waals surface area contributed by atoms with Gasteiger partial charge in [0.1, 0.15) is 0 Å². The lowest BCUT2D eigenvalue weighted by atomic mass is 9.93. The molecule has 1 atom stereocenters. The Morgan fingerprint density at radius 2 is 1.89 bits per heavy atom. The van der Waals surface area contributed by atoms with E-state index in [2.05, 4.69) is 35.9 Å². The number of piperidine rings is 1. The van der Waals surface area contributed by atoms with Gasteiger partial charge in [0.15, 0.2) is 0 Å². The fourth-order valence-corrected chi connectivity index (χ4v) is 3.07. The van der Waals surface area contributed by atoms with Crippen LogP contribution in [-0.2, 0) is 4.79 Å². The smallest absolute Gasteiger partial charge is 0.226 e. The number of rotatable bonds is 2. The summed E-state index contributed by atoms with van der Waals surface area (Å²) >= 11 is 0. The maximum atomic E-state index is 12.5. The van der Waals surface area contributed by atoms with Crippen molar-refractivity contribution in [3.05, 3.63) is 0 Å². The SMILES string of the molecule is CC(C)N1CCC(C(=O)N2CCNC[C@@H]2C)CC1. The Morgan fingerprint density at radius 3 is 2.44 bits per heavy atom. The van der Waals surface area contributed by atoms with Gasteiger partial charge in [-0.25, -0.2) is 0 Å². The summed E-state index contributed by atoms with van der Waals surface area (Å²) in [5.74, 6) is 0.660. The van der Waals surface area contributed by atoms with Crippen LogP contribution in [-0.4, -0.2) is 60.5 Å². The highest BCUT2D eigenvalue weighted by Gasteiger charge is 2.32. The highest BCUT2D eigenvalue weighted by Crippen LogP contribution is 2.22. The zero-order valence-electron chi connectivity index (χ0n) is 12.0. The van der Waals surface area contributed by atoms with E-state index < -0.39 is 0 Å². The molecule has 2 aliphatic heterocycles. The second-order valence-electron chi connectivity index (χ2n) is 5.99. The monoisotopic (exact) mass is 253 g/mol. The average molecular weight is 253 g/mol. The maximum absolute atomic E-state index is 12.5. The van der Waals surface area contributed by atoms with E-state index >= 15 is 0 Å². The number of carbonyl (C=O) groups is 1. The molecule has 0 aromatic carbocycles. The molecule has 4 nitrogen and oxygen atoms in total. The summed E-state index contributed by atoms with van der Waals surface area (Å²) in [4.78, 5) is 17.1. The lowest BCUT2D eigenvalue weighted by Gasteiger charge is -2.39. The Morgan fingerprint density at radius 1 is 1.22 bits per heavy atom. The standard InChI is InChI=1S/C14H27N3O/c1-11(2)16-7-4-13(5-8-16)14(18)17-9-6-15-10-12(17)3/h11-13,15H,4-10H2,1-3H3/t12-/m0/s1. The first-order chi connectivity index (χ1) is 8.59. The zero-order chi connectivity index (χ0) is 13.1. The third-order valence-corrected chi connectivity index (χ3v) is 4.39. The van der Waals surface area contributed by atoms with Crippen molar-refractivity contribution in [2.45, 2.75) is 45.7 Å². The second-order valence-corrected chi connectivity index (χ2v) is 5.99. The van der Waals surface area contributed by atoms with Crippen LogP contribution in [0.2, 0.25) is 0 Å². The predicted octanol–water partition coefficient (Wildman–Crippen LogP) is 0.927. The molecule has 2 heterocycles. The van der Waals surface area contributed by atoms with E-state index in [4.69, 9.17) is 0 Å². The molecule has 18 heavy (non-hydrogen) atoms. The molecule has 2 aliphatic rings. The van der Waals surface area contributed by atoms with Gasteiger partial charge in [0.25, 0.3) is 0 Å². The van der Waals surface area contributed by atoms with E-state index in [9.17, 15) is 4.79 Å². The molecule has 0 aliphatic carbocycles. The summed E-state index contributed by atoms with van der Waals surface area (Å²) in [5.41, 5.74) is 0. The molecular formula is C14H27N3O. The molecule has 0 aromatic heterocycles. The molecule has 0 aromatic rings. The molecule has 2 fully saturated rings. The Kier molecular flexibility index (Phi) is 4.62. The van der Waals surface area contributed by atoms with Gasteiger partial charge in [-0.15, -0.1) is 0 Å². The number of hydrogen-bond donors (Lipinski definition) is 1. The molecule has 4 heteroatoms. The third-order valence-electron chi connectivity index (χ3n) is 4.39. The highest BCUT2D eigenvalue weighted by molar-refractivity contribution is 5.79. The highest BCUT2D eigenvalue weighted by atomic mass is 16.2. The van der Waals surface area contributed by atoms with Crippen molar-refractivity contribution in [3.63, 3.8) is 0 Å². The largest absolute Gasteiger partial charge is 0.337 e. The predicted molar refractivity (Wildman–Crippen MR) is 73.5 cm³/mol. The van der Waals surface area contributed by atoms with Crippen LogP contribution in [0.1, 0.15) is 33.6 Å². The Balaban J connectivity index is 1.87. The number of nitrogens with zero attached hydrogens (tertiary/aromatic N) is 2. The van der Waals surface area contributed by atoms with Gasteiger partial charge in [-0.2, -0.15) is 0 Å². The van der Waals surface area contributed by atoms with Crippen LogP contribution in [0.3, 0.4) is 0 Å². The number of likely N-dealkylation sites (tertiary alicyclic amines) is 1. The minimum atomic E-state index is 0.264. The molecular weight excluding hydrogens is 226 g/mol. The first kappa shape index (κ1) is 13.8. The lowest BCUT2D eigenvalue weighted by Crippen LogP contribution is -2.55. The van der Waals surface area contributed by atoms with Gasteiger partial charge in [0.2, 0.25) is 5.91 Å². The van der Waals surface area contributed by atoms with Crippen molar-refractivity contribution in [1.82, 2.24) is 15.1 Å². The van der Waals surface area contributed by atoms with Crippen molar-refractivity contribution in [2.75, 3.05) is 32.7 Å². The van der Waals surface area contributed by atoms with Crippen LogP contribution in [0, 0.1) is 5.92 Å².